The van der Waals surface area contributed by atoms with Crippen molar-refractivity contribution < 1.29 is 19.4 Å². The van der Waals surface area contributed by atoms with Crippen molar-refractivity contribution in [3.63, 3.8) is 0 Å². The van der Waals surface area contributed by atoms with Gasteiger partial charge in [-0.1, -0.05) is 0 Å². The Morgan fingerprint density at radius 2 is 2.15 bits per heavy atom. The van der Waals surface area contributed by atoms with Crippen LogP contribution >= 0.6 is 0 Å². The van der Waals surface area contributed by atoms with E-state index in [1.165, 1.54) is 12.1 Å². The molecular formula is C14H18N2O4. The second kappa shape index (κ2) is 5.50. The highest BCUT2D eigenvalue weighted by Gasteiger charge is 2.31. The third-order valence-corrected chi connectivity index (χ3v) is 3.19. The molecule has 20 heavy (non-hydrogen) atoms. The van der Waals surface area contributed by atoms with Crippen molar-refractivity contribution in [2.75, 3.05) is 32.1 Å². The molecule has 0 saturated carbocycles. The summed E-state index contributed by atoms with van der Waals surface area (Å²) in [6.45, 7) is 2.88. The third-order valence-electron chi connectivity index (χ3n) is 3.19. The average molecular weight is 278 g/mol. The zero-order chi connectivity index (χ0) is 14.9. The van der Waals surface area contributed by atoms with Crippen LogP contribution in [0, 0.1) is 0 Å². The van der Waals surface area contributed by atoms with Gasteiger partial charge < -0.3 is 19.6 Å². The van der Waals surface area contributed by atoms with Crippen LogP contribution < -0.4 is 9.64 Å². The van der Waals surface area contributed by atoms with Gasteiger partial charge in [-0.15, -0.1) is 0 Å². The van der Waals surface area contributed by atoms with Crippen LogP contribution in [0.3, 0.4) is 0 Å². The molecule has 2 rings (SSSR count). The second-order valence-electron chi connectivity index (χ2n) is 5.04. The van der Waals surface area contributed by atoms with E-state index in [-0.39, 0.29) is 11.5 Å². The normalized spacial score (nSPS) is 17.9. The number of rotatable bonds is 4. The van der Waals surface area contributed by atoms with E-state index >= 15 is 0 Å². The molecule has 1 unspecified atom stereocenters. The van der Waals surface area contributed by atoms with Gasteiger partial charge in [0.05, 0.1) is 11.3 Å². The average Bonchev–Trinajstić information content (AvgIpc) is 2.38. The highest BCUT2D eigenvalue weighted by Crippen LogP contribution is 2.34. The molecule has 1 aromatic carbocycles. The predicted octanol–water partition coefficient (Wildman–Crippen LogP) is 1.06. The fourth-order valence-electron chi connectivity index (χ4n) is 2.07. The van der Waals surface area contributed by atoms with Gasteiger partial charge in [-0.3, -0.25) is 4.79 Å². The fourth-order valence-corrected chi connectivity index (χ4v) is 2.07. The number of benzene rings is 1. The van der Waals surface area contributed by atoms with E-state index in [1.807, 2.05) is 19.0 Å². The number of hydrogen-bond donors (Lipinski definition) is 1. The molecule has 108 valence electrons. The number of aromatic carboxylic acids is 1. The quantitative estimate of drug-likeness (QED) is 0.891. The number of ether oxygens (including phenoxy) is 1. The lowest BCUT2D eigenvalue weighted by Crippen LogP contribution is -2.46. The highest BCUT2D eigenvalue weighted by molar-refractivity contribution is 6.01. The number of carboxylic acids is 1. The summed E-state index contributed by atoms with van der Waals surface area (Å²) in [4.78, 5) is 26.8. The molecule has 0 aromatic heterocycles. The van der Waals surface area contributed by atoms with Crippen LogP contribution in [0.4, 0.5) is 5.69 Å². The molecule has 0 saturated heterocycles. The van der Waals surface area contributed by atoms with Gasteiger partial charge in [0.1, 0.15) is 5.75 Å². The Hall–Kier alpha value is -2.08. The Balaban J connectivity index is 2.38. The van der Waals surface area contributed by atoms with E-state index in [1.54, 1.807) is 17.9 Å². The largest absolute Gasteiger partial charge is 0.479 e. The van der Waals surface area contributed by atoms with Gasteiger partial charge in [0, 0.05) is 13.1 Å². The maximum absolute atomic E-state index is 12.2. The number of likely N-dealkylation sites (N-methyl/N-ethyl adjacent to an activating group) is 1. The summed E-state index contributed by atoms with van der Waals surface area (Å²) in [5.41, 5.74) is 0.666. The minimum Gasteiger partial charge on any atom is -0.479 e. The van der Waals surface area contributed by atoms with Crippen molar-refractivity contribution in [1.29, 1.82) is 0 Å². The first-order valence-corrected chi connectivity index (χ1v) is 6.40. The summed E-state index contributed by atoms with van der Waals surface area (Å²) >= 11 is 0. The van der Waals surface area contributed by atoms with E-state index in [4.69, 9.17) is 9.84 Å². The number of carbonyl (C=O) groups is 2. The van der Waals surface area contributed by atoms with Crippen LogP contribution in [0.15, 0.2) is 18.2 Å². The van der Waals surface area contributed by atoms with Gasteiger partial charge in [-0.25, -0.2) is 4.79 Å². The van der Waals surface area contributed by atoms with Crippen LogP contribution in [-0.4, -0.2) is 55.2 Å². The van der Waals surface area contributed by atoms with Crippen LogP contribution in [-0.2, 0) is 4.79 Å². The Morgan fingerprint density at radius 3 is 2.75 bits per heavy atom. The number of anilines is 1. The Labute approximate surface area is 117 Å². The van der Waals surface area contributed by atoms with Crippen LogP contribution in [0.5, 0.6) is 5.75 Å². The van der Waals surface area contributed by atoms with Crippen molar-refractivity contribution in [3.8, 4) is 5.75 Å². The van der Waals surface area contributed by atoms with Gasteiger partial charge in [-0.05, 0) is 39.2 Å². The van der Waals surface area contributed by atoms with Crippen molar-refractivity contribution in [2.24, 2.45) is 0 Å². The lowest BCUT2D eigenvalue weighted by Gasteiger charge is -2.33. The molecule has 1 aliphatic heterocycles. The molecule has 0 fully saturated rings. The molecule has 0 bridgehead atoms. The molecule has 0 aliphatic carbocycles. The zero-order valence-corrected chi connectivity index (χ0v) is 11.8. The van der Waals surface area contributed by atoms with E-state index in [0.29, 0.717) is 24.5 Å². The molecule has 1 aliphatic rings. The Morgan fingerprint density at radius 1 is 1.45 bits per heavy atom. The molecular weight excluding hydrogens is 260 g/mol. The van der Waals surface area contributed by atoms with E-state index in [9.17, 15) is 9.59 Å². The first-order valence-electron chi connectivity index (χ1n) is 6.40. The van der Waals surface area contributed by atoms with E-state index < -0.39 is 12.1 Å². The standard InChI is InChI=1S/C14H18N2O4/c1-9-13(17)16(7-6-15(2)3)11-8-10(14(18)19)4-5-12(11)20-9/h4-5,8-9H,6-7H2,1-3H3,(H,18,19). The third kappa shape index (κ3) is 2.75. The number of nitrogens with zero attached hydrogens (tertiary/aromatic N) is 2. The smallest absolute Gasteiger partial charge is 0.335 e. The maximum Gasteiger partial charge on any atom is 0.335 e. The predicted molar refractivity (Wildman–Crippen MR) is 74.4 cm³/mol. The molecule has 0 spiro atoms. The maximum atomic E-state index is 12.2. The minimum absolute atomic E-state index is 0.143. The van der Waals surface area contributed by atoms with Crippen molar-refractivity contribution in [1.82, 2.24) is 4.90 Å². The highest BCUT2D eigenvalue weighted by atomic mass is 16.5. The number of carbonyl (C=O) groups excluding carboxylic acids is 1. The molecule has 1 aromatic rings. The number of carboxylic acid groups (broad SMARTS) is 1. The van der Waals surface area contributed by atoms with Crippen LogP contribution in [0.2, 0.25) is 0 Å². The summed E-state index contributed by atoms with van der Waals surface area (Å²) in [6, 6.07) is 4.56. The number of hydrogen-bond acceptors (Lipinski definition) is 4. The summed E-state index contributed by atoms with van der Waals surface area (Å²) in [7, 11) is 3.84. The lowest BCUT2D eigenvalue weighted by atomic mass is 10.1. The van der Waals surface area contributed by atoms with Gasteiger partial charge >= 0.3 is 5.97 Å². The molecule has 0 radical (unpaired) electrons. The number of fused-ring (bicyclic) bond motifs is 1. The number of amides is 1. The zero-order valence-electron chi connectivity index (χ0n) is 11.8. The summed E-state index contributed by atoms with van der Waals surface area (Å²) in [6.07, 6.45) is -0.555. The Bertz CT molecular complexity index is 542. The van der Waals surface area contributed by atoms with Crippen molar-refractivity contribution in [2.45, 2.75) is 13.0 Å². The van der Waals surface area contributed by atoms with Gasteiger partial charge in [0.2, 0.25) is 0 Å². The SMILES string of the molecule is CC1Oc2ccc(C(=O)O)cc2N(CCN(C)C)C1=O. The van der Waals surface area contributed by atoms with Crippen LogP contribution in [0.1, 0.15) is 17.3 Å². The van der Waals surface area contributed by atoms with Gasteiger partial charge in [-0.2, -0.15) is 0 Å². The Kier molecular flexibility index (Phi) is 3.94. The molecule has 6 heteroatoms. The summed E-state index contributed by atoms with van der Waals surface area (Å²) in [5, 5.41) is 9.06. The molecule has 1 heterocycles. The minimum atomic E-state index is -1.02. The first-order chi connectivity index (χ1) is 9.40. The summed E-state index contributed by atoms with van der Waals surface area (Å²) < 4.78 is 5.52. The lowest BCUT2D eigenvalue weighted by molar-refractivity contribution is -0.125. The van der Waals surface area contributed by atoms with Gasteiger partial charge in [0.15, 0.2) is 6.10 Å². The molecule has 6 nitrogen and oxygen atoms in total. The van der Waals surface area contributed by atoms with Crippen molar-refractivity contribution >= 4 is 17.6 Å². The molecule has 1 amide bonds. The van der Waals surface area contributed by atoms with E-state index in [2.05, 4.69) is 0 Å². The monoisotopic (exact) mass is 278 g/mol. The topological polar surface area (TPSA) is 70.1 Å². The molecule has 1 atom stereocenters. The summed E-state index contributed by atoms with van der Waals surface area (Å²) in [5.74, 6) is -0.630. The van der Waals surface area contributed by atoms with Crippen molar-refractivity contribution in [3.05, 3.63) is 23.8 Å². The van der Waals surface area contributed by atoms with Crippen LogP contribution in [0.25, 0.3) is 0 Å². The molecule has 1 N–H and O–H groups in total. The second-order valence-corrected chi connectivity index (χ2v) is 5.04. The fraction of sp³-hybridized carbons (Fsp3) is 0.429. The van der Waals surface area contributed by atoms with E-state index in [0.717, 1.165) is 0 Å². The first kappa shape index (κ1) is 14.3. The van der Waals surface area contributed by atoms with Gasteiger partial charge in [0.25, 0.3) is 5.91 Å².